The minimum atomic E-state index is -4.34. The summed E-state index contributed by atoms with van der Waals surface area (Å²) in [5.74, 6) is 0. The van der Waals surface area contributed by atoms with Gasteiger partial charge in [-0.2, -0.15) is 13.2 Å². The van der Waals surface area contributed by atoms with Crippen LogP contribution in [0.15, 0.2) is 18.2 Å². The maximum absolute atomic E-state index is 12.9. The van der Waals surface area contributed by atoms with Gasteiger partial charge < -0.3 is 9.31 Å². The number of benzene rings is 1. The van der Waals surface area contributed by atoms with E-state index in [1.165, 1.54) is 19.1 Å². The van der Waals surface area contributed by atoms with E-state index in [0.717, 1.165) is 0 Å². The zero-order chi connectivity index (χ0) is 16.1. The molecule has 1 aliphatic heterocycles. The molecule has 0 amide bonds. The number of hydrogen-bond donors (Lipinski definition) is 0. The molecule has 0 radical (unpaired) electrons. The summed E-state index contributed by atoms with van der Waals surface area (Å²) in [5.41, 5.74) is -0.770. The van der Waals surface area contributed by atoms with Crippen LogP contribution >= 0.6 is 0 Å². The number of hydrogen-bond acceptors (Lipinski definition) is 2. The molecule has 1 aliphatic rings. The Bertz CT molecular complexity index is 522. The van der Waals surface area contributed by atoms with Crippen LogP contribution in [0.25, 0.3) is 0 Å². The van der Waals surface area contributed by atoms with Crippen LogP contribution in [0.3, 0.4) is 0 Å². The average Bonchev–Trinajstić information content (AvgIpc) is 2.48. The first kappa shape index (κ1) is 16.4. The third-order valence-electron chi connectivity index (χ3n) is 4.31. The molecule has 1 heterocycles. The zero-order valence-corrected chi connectivity index (χ0v) is 13.0. The minimum Gasteiger partial charge on any atom is -0.403 e. The van der Waals surface area contributed by atoms with E-state index in [2.05, 4.69) is 0 Å². The molecule has 0 N–H and O–H groups in total. The Kier molecular flexibility index (Phi) is 3.91. The molecule has 21 heavy (non-hydrogen) atoms. The molecule has 0 aliphatic carbocycles. The van der Waals surface area contributed by atoms with Crippen LogP contribution in [0.4, 0.5) is 13.2 Å². The van der Waals surface area contributed by atoms with E-state index in [1.54, 1.807) is 6.07 Å². The van der Waals surface area contributed by atoms with Crippen molar-refractivity contribution < 1.29 is 22.5 Å². The van der Waals surface area contributed by atoms with Crippen LogP contribution in [0, 0.1) is 6.92 Å². The Morgan fingerprint density at radius 3 is 2.05 bits per heavy atom. The van der Waals surface area contributed by atoms with Gasteiger partial charge in [0.15, 0.2) is 0 Å². The smallest absolute Gasteiger partial charge is 0.403 e. The maximum atomic E-state index is 12.9. The van der Waals surface area contributed by atoms with Crippen LogP contribution in [0.1, 0.15) is 44.4 Å². The van der Waals surface area contributed by atoms with E-state index in [9.17, 15) is 13.2 Å². The van der Waals surface area contributed by atoms with Crippen LogP contribution in [-0.2, 0) is 21.8 Å². The topological polar surface area (TPSA) is 18.5 Å². The standard InChI is InChI=1S/C15H20BF3O2/c1-10-6-7-11(8-12(10)15(17,18)19)9-16-20-13(2,3)14(4,5)21-16/h6-8H,9H2,1-5H3. The van der Waals surface area contributed by atoms with Crippen LogP contribution in [0.5, 0.6) is 0 Å². The number of aryl methyl sites for hydroxylation is 1. The van der Waals surface area contributed by atoms with Crippen molar-refractivity contribution in [1.82, 2.24) is 0 Å². The van der Waals surface area contributed by atoms with Gasteiger partial charge in [-0.3, -0.25) is 0 Å². The van der Waals surface area contributed by atoms with Crippen LogP contribution in [-0.4, -0.2) is 18.3 Å². The summed E-state index contributed by atoms with van der Waals surface area (Å²) in [6, 6.07) is 4.36. The molecule has 0 atom stereocenters. The van der Waals surface area contributed by atoms with Crippen molar-refractivity contribution in [2.45, 2.75) is 58.3 Å². The van der Waals surface area contributed by atoms with Crippen molar-refractivity contribution >= 4 is 7.12 Å². The molecule has 0 aromatic heterocycles. The lowest BCUT2D eigenvalue weighted by atomic mass is 9.80. The van der Waals surface area contributed by atoms with E-state index in [1.807, 2.05) is 27.7 Å². The van der Waals surface area contributed by atoms with Gasteiger partial charge in [0, 0.05) is 6.32 Å². The lowest BCUT2D eigenvalue weighted by Gasteiger charge is -2.32. The molecule has 1 fully saturated rings. The number of alkyl halides is 3. The van der Waals surface area contributed by atoms with Gasteiger partial charge in [-0.15, -0.1) is 0 Å². The summed E-state index contributed by atoms with van der Waals surface area (Å²) in [5, 5.41) is 0. The second kappa shape index (κ2) is 5.02. The summed E-state index contributed by atoms with van der Waals surface area (Å²) >= 11 is 0. The van der Waals surface area contributed by atoms with Crippen LogP contribution in [0.2, 0.25) is 0 Å². The van der Waals surface area contributed by atoms with Gasteiger partial charge in [-0.05, 0) is 51.8 Å². The fraction of sp³-hybridized carbons (Fsp3) is 0.600. The van der Waals surface area contributed by atoms with Crippen molar-refractivity contribution in [1.29, 1.82) is 0 Å². The van der Waals surface area contributed by atoms with E-state index in [0.29, 0.717) is 11.9 Å². The predicted octanol–water partition coefficient (Wildman–Crippen LogP) is 4.19. The van der Waals surface area contributed by atoms with Crippen molar-refractivity contribution in [3.8, 4) is 0 Å². The van der Waals surface area contributed by atoms with E-state index in [-0.39, 0.29) is 5.56 Å². The van der Waals surface area contributed by atoms with Gasteiger partial charge in [0.05, 0.1) is 16.8 Å². The molecule has 2 rings (SSSR count). The molecule has 116 valence electrons. The molecular weight excluding hydrogens is 280 g/mol. The molecule has 0 spiro atoms. The highest BCUT2D eigenvalue weighted by Crippen LogP contribution is 2.38. The monoisotopic (exact) mass is 300 g/mol. The van der Waals surface area contributed by atoms with E-state index < -0.39 is 30.1 Å². The number of rotatable bonds is 2. The average molecular weight is 300 g/mol. The summed E-state index contributed by atoms with van der Waals surface area (Å²) in [6.45, 7) is 9.14. The molecule has 1 aromatic carbocycles. The third-order valence-corrected chi connectivity index (χ3v) is 4.31. The van der Waals surface area contributed by atoms with Crippen LogP contribution < -0.4 is 0 Å². The summed E-state index contributed by atoms with van der Waals surface area (Å²) in [7, 11) is -0.529. The Hall–Kier alpha value is -1.01. The first-order valence-electron chi connectivity index (χ1n) is 6.95. The molecule has 0 saturated carbocycles. The Morgan fingerprint density at radius 1 is 1.05 bits per heavy atom. The summed E-state index contributed by atoms with van der Waals surface area (Å²) in [6.07, 6.45) is -4.04. The second-order valence-electron chi connectivity index (χ2n) is 6.54. The third kappa shape index (κ3) is 3.26. The first-order valence-corrected chi connectivity index (χ1v) is 6.95. The van der Waals surface area contributed by atoms with Gasteiger partial charge in [0.2, 0.25) is 0 Å². The van der Waals surface area contributed by atoms with Gasteiger partial charge in [0.25, 0.3) is 0 Å². The van der Waals surface area contributed by atoms with Crippen molar-refractivity contribution in [3.05, 3.63) is 34.9 Å². The van der Waals surface area contributed by atoms with Crippen molar-refractivity contribution in [2.75, 3.05) is 0 Å². The Labute approximate surface area is 123 Å². The Balaban J connectivity index is 2.19. The highest BCUT2D eigenvalue weighted by Gasteiger charge is 2.50. The highest BCUT2D eigenvalue weighted by atomic mass is 19.4. The van der Waals surface area contributed by atoms with Gasteiger partial charge in [-0.1, -0.05) is 12.1 Å². The maximum Gasteiger partial charge on any atom is 0.462 e. The molecule has 0 unspecified atom stereocenters. The highest BCUT2D eigenvalue weighted by molar-refractivity contribution is 6.45. The first-order chi connectivity index (χ1) is 9.42. The SMILES string of the molecule is Cc1ccc(CB2OC(C)(C)C(C)(C)O2)cc1C(F)(F)F. The minimum absolute atomic E-state index is 0.222. The zero-order valence-electron chi connectivity index (χ0n) is 13.0. The van der Waals surface area contributed by atoms with Gasteiger partial charge in [0.1, 0.15) is 0 Å². The second-order valence-corrected chi connectivity index (χ2v) is 6.54. The summed E-state index contributed by atoms with van der Waals surface area (Å²) in [4.78, 5) is 0. The molecular formula is C15H20BF3O2. The van der Waals surface area contributed by atoms with E-state index >= 15 is 0 Å². The Morgan fingerprint density at radius 2 is 1.57 bits per heavy atom. The molecule has 1 saturated heterocycles. The fourth-order valence-electron chi connectivity index (χ4n) is 2.34. The fourth-order valence-corrected chi connectivity index (χ4v) is 2.34. The lowest BCUT2D eigenvalue weighted by Crippen LogP contribution is -2.41. The molecule has 6 heteroatoms. The molecule has 2 nitrogen and oxygen atoms in total. The molecule has 0 bridgehead atoms. The normalized spacial score (nSPS) is 20.9. The summed E-state index contributed by atoms with van der Waals surface area (Å²) < 4.78 is 50.4. The lowest BCUT2D eigenvalue weighted by molar-refractivity contribution is -0.138. The van der Waals surface area contributed by atoms with Gasteiger partial charge in [-0.25, -0.2) is 0 Å². The van der Waals surface area contributed by atoms with Crippen molar-refractivity contribution in [3.63, 3.8) is 0 Å². The van der Waals surface area contributed by atoms with E-state index in [4.69, 9.17) is 9.31 Å². The largest absolute Gasteiger partial charge is 0.462 e. The predicted molar refractivity (Wildman–Crippen MR) is 76.0 cm³/mol. The number of halogens is 3. The quantitative estimate of drug-likeness (QED) is 0.763. The van der Waals surface area contributed by atoms with Crippen molar-refractivity contribution in [2.24, 2.45) is 0 Å². The molecule has 1 aromatic rings. The van der Waals surface area contributed by atoms with Gasteiger partial charge >= 0.3 is 13.3 Å².